The molecule has 0 spiro atoms. The van der Waals surface area contributed by atoms with Crippen LogP contribution in [-0.2, 0) is 16.1 Å². The van der Waals surface area contributed by atoms with Gasteiger partial charge < -0.3 is 10.1 Å². The fourth-order valence-electron chi connectivity index (χ4n) is 1.82. The first kappa shape index (κ1) is 13.7. The van der Waals surface area contributed by atoms with Gasteiger partial charge in [-0.25, -0.2) is 0 Å². The third-order valence-corrected chi connectivity index (χ3v) is 4.36. The van der Waals surface area contributed by atoms with Crippen LogP contribution in [0.3, 0.4) is 0 Å². The van der Waals surface area contributed by atoms with Gasteiger partial charge in [-0.1, -0.05) is 12.1 Å². The van der Waals surface area contributed by atoms with E-state index in [2.05, 4.69) is 5.32 Å². The minimum Gasteiger partial charge on any atom is -0.380 e. The quantitative estimate of drug-likeness (QED) is 0.863. The van der Waals surface area contributed by atoms with Crippen LogP contribution in [-0.4, -0.2) is 17.4 Å². The van der Waals surface area contributed by atoms with Gasteiger partial charge in [0.1, 0.15) is 4.33 Å². The maximum Gasteiger partial charge on any atom is 0.233 e. The number of carbonyl (C=O) groups excluding carboxylic acids is 1. The average Bonchev–Trinajstić information content (AvgIpc) is 2.80. The van der Waals surface area contributed by atoms with E-state index >= 15 is 0 Å². The van der Waals surface area contributed by atoms with E-state index < -0.39 is 9.75 Å². The predicted octanol–water partition coefficient (Wildman–Crippen LogP) is 3.36. The Morgan fingerprint density at radius 2 is 2.17 bits per heavy atom. The lowest BCUT2D eigenvalue weighted by molar-refractivity contribution is -0.120. The maximum absolute atomic E-state index is 12.1. The summed E-state index contributed by atoms with van der Waals surface area (Å²) < 4.78 is 4.10. The number of hydrogen-bond donors (Lipinski definition) is 1. The van der Waals surface area contributed by atoms with Crippen molar-refractivity contribution < 1.29 is 9.53 Å². The molecule has 1 N–H and O–H groups in total. The first-order chi connectivity index (χ1) is 8.39. The lowest BCUT2D eigenvalue weighted by atomic mass is 10.1. The SMILES string of the molecule is COCc1cccc(NC(=O)C2(C)CC2(Cl)Cl)c1. The number of methoxy groups -OCH3 is 1. The molecule has 0 aromatic heterocycles. The van der Waals surface area contributed by atoms with E-state index in [0.717, 1.165) is 11.3 Å². The van der Waals surface area contributed by atoms with Crippen molar-refractivity contribution in [2.45, 2.75) is 24.3 Å². The summed E-state index contributed by atoms with van der Waals surface area (Å²) in [7, 11) is 1.63. The van der Waals surface area contributed by atoms with Gasteiger partial charge in [0.2, 0.25) is 5.91 Å². The smallest absolute Gasteiger partial charge is 0.233 e. The number of hydrogen-bond acceptors (Lipinski definition) is 2. The summed E-state index contributed by atoms with van der Waals surface area (Å²) in [5, 5.41) is 2.84. The molecule has 1 unspecified atom stereocenters. The second kappa shape index (κ2) is 4.72. The van der Waals surface area contributed by atoms with Crippen molar-refractivity contribution in [2.24, 2.45) is 5.41 Å². The largest absolute Gasteiger partial charge is 0.380 e. The number of nitrogens with one attached hydrogen (secondary N) is 1. The van der Waals surface area contributed by atoms with E-state index in [1.54, 1.807) is 14.0 Å². The standard InChI is InChI=1S/C13H15Cl2NO2/c1-12(8-13(12,14)15)11(17)16-10-5-3-4-9(6-10)7-18-2/h3-6H,7-8H2,1-2H3,(H,16,17). The van der Waals surface area contributed by atoms with Crippen molar-refractivity contribution in [3.63, 3.8) is 0 Å². The molecule has 1 aliphatic rings. The number of rotatable bonds is 4. The van der Waals surface area contributed by atoms with E-state index in [1.807, 2.05) is 24.3 Å². The second-order valence-corrected chi connectivity index (χ2v) is 6.28. The van der Waals surface area contributed by atoms with Crippen LogP contribution < -0.4 is 5.32 Å². The van der Waals surface area contributed by atoms with Crippen molar-refractivity contribution in [1.29, 1.82) is 0 Å². The summed E-state index contributed by atoms with van der Waals surface area (Å²) in [6, 6.07) is 7.50. The van der Waals surface area contributed by atoms with Crippen LogP contribution in [0.1, 0.15) is 18.9 Å². The second-order valence-electron chi connectivity index (χ2n) is 4.80. The van der Waals surface area contributed by atoms with Gasteiger partial charge in [-0.05, 0) is 31.0 Å². The Morgan fingerprint density at radius 1 is 1.50 bits per heavy atom. The summed E-state index contributed by atoms with van der Waals surface area (Å²) in [4.78, 5) is 12.1. The summed E-state index contributed by atoms with van der Waals surface area (Å²) in [5.41, 5.74) is 1.03. The lowest BCUT2D eigenvalue weighted by Gasteiger charge is -2.13. The van der Waals surface area contributed by atoms with Gasteiger partial charge in [0.05, 0.1) is 12.0 Å². The molecule has 1 aliphatic carbocycles. The molecular formula is C13H15Cl2NO2. The summed E-state index contributed by atoms with van der Waals surface area (Å²) >= 11 is 12.0. The Morgan fingerprint density at radius 3 is 2.72 bits per heavy atom. The molecule has 0 aliphatic heterocycles. The molecule has 1 saturated carbocycles. The molecule has 18 heavy (non-hydrogen) atoms. The molecular weight excluding hydrogens is 273 g/mol. The Hall–Kier alpha value is -0.770. The molecule has 2 rings (SSSR count). The van der Waals surface area contributed by atoms with E-state index in [-0.39, 0.29) is 5.91 Å². The molecule has 0 bridgehead atoms. The van der Waals surface area contributed by atoms with Gasteiger partial charge in [-0.3, -0.25) is 4.79 Å². The first-order valence-corrected chi connectivity index (χ1v) is 6.42. The predicted molar refractivity (Wildman–Crippen MR) is 72.9 cm³/mol. The Labute approximate surface area is 116 Å². The number of benzene rings is 1. The van der Waals surface area contributed by atoms with Crippen LogP contribution in [0.25, 0.3) is 0 Å². The van der Waals surface area contributed by atoms with E-state index in [9.17, 15) is 4.79 Å². The molecule has 1 aromatic carbocycles. The van der Waals surface area contributed by atoms with Crippen molar-refractivity contribution in [3.05, 3.63) is 29.8 Å². The lowest BCUT2D eigenvalue weighted by Crippen LogP contribution is -2.25. The highest BCUT2D eigenvalue weighted by molar-refractivity contribution is 6.53. The van der Waals surface area contributed by atoms with Gasteiger partial charge in [0.15, 0.2) is 0 Å². The van der Waals surface area contributed by atoms with Crippen LogP contribution in [0.5, 0.6) is 0 Å². The fourth-order valence-corrected chi connectivity index (χ4v) is 2.53. The van der Waals surface area contributed by atoms with Crippen molar-refractivity contribution in [1.82, 2.24) is 0 Å². The number of carbonyl (C=O) groups is 1. The molecule has 1 fully saturated rings. The zero-order chi connectivity index (χ0) is 13.4. The first-order valence-electron chi connectivity index (χ1n) is 5.66. The molecule has 1 amide bonds. The van der Waals surface area contributed by atoms with Crippen molar-refractivity contribution in [3.8, 4) is 0 Å². The van der Waals surface area contributed by atoms with Crippen LogP contribution in [0, 0.1) is 5.41 Å². The van der Waals surface area contributed by atoms with Crippen LogP contribution >= 0.6 is 23.2 Å². The molecule has 98 valence electrons. The fraction of sp³-hybridized carbons (Fsp3) is 0.462. The van der Waals surface area contributed by atoms with Gasteiger partial charge in [-0.15, -0.1) is 23.2 Å². The number of ether oxygens (including phenoxy) is 1. The molecule has 0 radical (unpaired) electrons. The highest BCUT2D eigenvalue weighted by Gasteiger charge is 2.67. The minimum absolute atomic E-state index is 0.151. The van der Waals surface area contributed by atoms with Crippen molar-refractivity contribution >= 4 is 34.8 Å². The summed E-state index contributed by atoms with van der Waals surface area (Å²) in [6.07, 6.45) is 0.479. The van der Waals surface area contributed by atoms with E-state index in [1.165, 1.54) is 0 Å². The van der Waals surface area contributed by atoms with Gasteiger partial charge in [0.25, 0.3) is 0 Å². The zero-order valence-corrected chi connectivity index (χ0v) is 11.8. The average molecular weight is 288 g/mol. The molecule has 1 aromatic rings. The van der Waals surface area contributed by atoms with Crippen LogP contribution in [0.15, 0.2) is 24.3 Å². The maximum atomic E-state index is 12.1. The Bertz CT molecular complexity index is 476. The Kier molecular flexibility index (Phi) is 3.58. The summed E-state index contributed by atoms with van der Waals surface area (Å²) in [5.74, 6) is -0.151. The monoisotopic (exact) mass is 287 g/mol. The van der Waals surface area contributed by atoms with E-state index in [0.29, 0.717) is 13.0 Å². The number of amides is 1. The van der Waals surface area contributed by atoms with Crippen molar-refractivity contribution in [2.75, 3.05) is 12.4 Å². The minimum atomic E-state index is -0.943. The highest BCUT2D eigenvalue weighted by Crippen LogP contribution is 2.64. The summed E-state index contributed by atoms with van der Waals surface area (Å²) in [6.45, 7) is 2.28. The molecule has 1 atom stereocenters. The normalized spacial score (nSPS) is 24.7. The topological polar surface area (TPSA) is 38.3 Å². The van der Waals surface area contributed by atoms with Crippen LogP contribution in [0.2, 0.25) is 0 Å². The Balaban J connectivity index is 2.06. The molecule has 3 nitrogen and oxygen atoms in total. The van der Waals surface area contributed by atoms with Gasteiger partial charge >= 0.3 is 0 Å². The zero-order valence-electron chi connectivity index (χ0n) is 10.3. The third-order valence-electron chi connectivity index (χ3n) is 3.25. The molecule has 0 saturated heterocycles. The number of alkyl halides is 2. The molecule has 0 heterocycles. The molecule has 5 heteroatoms. The number of halogens is 2. The van der Waals surface area contributed by atoms with Crippen LogP contribution in [0.4, 0.5) is 5.69 Å². The van der Waals surface area contributed by atoms with E-state index in [4.69, 9.17) is 27.9 Å². The van der Waals surface area contributed by atoms with Gasteiger partial charge in [-0.2, -0.15) is 0 Å². The highest BCUT2D eigenvalue weighted by atomic mass is 35.5. The number of anilines is 1. The third kappa shape index (κ3) is 2.48. The van der Waals surface area contributed by atoms with Gasteiger partial charge in [0, 0.05) is 12.8 Å².